The van der Waals surface area contributed by atoms with Gasteiger partial charge in [-0.15, -0.1) is 0 Å². The number of hydrogen-bond donors (Lipinski definition) is 1. The van der Waals surface area contributed by atoms with Gasteiger partial charge in [-0.05, 0) is 10.7 Å². The number of anilines is 1. The van der Waals surface area contributed by atoms with E-state index in [2.05, 4.69) is 15.0 Å². The third kappa shape index (κ3) is 1.69. The highest BCUT2D eigenvalue weighted by molar-refractivity contribution is 8.21. The average molecular weight is 163 g/mol. The topological polar surface area (TPSA) is 64.7 Å². The van der Waals surface area contributed by atoms with Gasteiger partial charge in [0.05, 0.1) is 0 Å². The van der Waals surface area contributed by atoms with E-state index in [-0.39, 0.29) is 5.95 Å². The summed E-state index contributed by atoms with van der Waals surface area (Å²) in [6.07, 6.45) is 1.31. The summed E-state index contributed by atoms with van der Waals surface area (Å²) in [6.45, 7) is 0. The van der Waals surface area contributed by atoms with Crippen molar-refractivity contribution >= 4 is 27.6 Å². The Hall–Kier alpha value is -0.550. The molecule has 1 rings (SSSR count). The summed E-state index contributed by atoms with van der Waals surface area (Å²) in [5.74, 6) is 0.188. The summed E-state index contributed by atoms with van der Waals surface area (Å²) >= 11 is 0. The predicted molar refractivity (Wildman–Crippen MR) is 35.9 cm³/mol. The van der Waals surface area contributed by atoms with Gasteiger partial charge < -0.3 is 5.73 Å². The molecule has 48 valence electrons. The van der Waals surface area contributed by atoms with Crippen molar-refractivity contribution in [1.29, 1.82) is 0 Å². The Balaban J connectivity index is 2.94. The smallest absolute Gasteiger partial charge is 0.224 e. The quantitative estimate of drug-likeness (QED) is 0.659. The Labute approximate surface area is 60.4 Å². The molecule has 0 bridgehead atoms. The molecule has 1 heterocycles. The fraction of sp³-hybridized carbons (Fsp3) is 0. The van der Waals surface area contributed by atoms with Gasteiger partial charge in [-0.3, -0.25) is 0 Å². The van der Waals surface area contributed by atoms with Crippen LogP contribution in [-0.2, 0) is 0 Å². The molecule has 1 aromatic rings. The van der Waals surface area contributed by atoms with Crippen LogP contribution < -0.4 is 5.73 Å². The van der Waals surface area contributed by atoms with Crippen LogP contribution in [0, 0.1) is 0 Å². The van der Waals surface area contributed by atoms with Crippen LogP contribution in [0.4, 0.5) is 5.95 Å². The van der Waals surface area contributed by atoms with Crippen LogP contribution in [-0.4, -0.2) is 15.0 Å². The zero-order valence-corrected chi connectivity index (χ0v) is 5.85. The number of rotatable bonds is 1. The Morgan fingerprint density at radius 2 is 2.33 bits per heavy atom. The molecule has 0 aliphatic carbocycles. The molecule has 0 saturated carbocycles. The van der Waals surface area contributed by atoms with Crippen LogP contribution in [0.5, 0.6) is 0 Å². The minimum absolute atomic E-state index is 0.188. The van der Waals surface area contributed by atoms with Crippen LogP contribution in [0.15, 0.2) is 11.5 Å². The lowest BCUT2D eigenvalue weighted by molar-refractivity contribution is 0.920. The number of nitrogens with zero attached hydrogens (tertiary/aromatic N) is 3. The maximum absolute atomic E-state index is 5.31. The van der Waals surface area contributed by atoms with E-state index in [1.807, 2.05) is 0 Å². The van der Waals surface area contributed by atoms with Crippen LogP contribution in [0.1, 0.15) is 0 Å². The molecule has 0 aliphatic heterocycles. The molecule has 0 fully saturated rings. The Morgan fingerprint density at radius 3 is 2.78 bits per heavy atom. The molecule has 0 aliphatic rings. The third-order valence-electron chi connectivity index (χ3n) is 0.637. The predicted octanol–water partition coefficient (Wildman–Crippen LogP) is 0.700. The van der Waals surface area contributed by atoms with Crippen LogP contribution >= 0.6 is 21.7 Å². The van der Waals surface area contributed by atoms with E-state index in [0.717, 1.165) is 11.0 Å². The molecule has 1 aromatic heterocycles. The van der Waals surface area contributed by atoms with E-state index in [1.165, 1.54) is 6.33 Å². The van der Waals surface area contributed by atoms with Crippen molar-refractivity contribution in [2.75, 3.05) is 5.73 Å². The maximum Gasteiger partial charge on any atom is 0.224 e. The van der Waals surface area contributed by atoms with Crippen molar-refractivity contribution in [2.45, 2.75) is 5.16 Å². The molecular formula is C3H3ClN4S. The molecular weight excluding hydrogens is 160 g/mol. The molecule has 0 aromatic carbocycles. The summed E-state index contributed by atoms with van der Waals surface area (Å²) in [5.41, 5.74) is 5.20. The lowest BCUT2D eigenvalue weighted by Crippen LogP contribution is -1.95. The minimum atomic E-state index is 0.188. The van der Waals surface area contributed by atoms with Gasteiger partial charge in [-0.25, -0.2) is 9.97 Å². The van der Waals surface area contributed by atoms with Crippen molar-refractivity contribution < 1.29 is 0 Å². The number of hydrogen-bond acceptors (Lipinski definition) is 5. The van der Waals surface area contributed by atoms with E-state index >= 15 is 0 Å². The molecule has 2 N–H and O–H groups in total. The zero-order chi connectivity index (χ0) is 6.69. The monoisotopic (exact) mass is 162 g/mol. The molecule has 4 nitrogen and oxygen atoms in total. The van der Waals surface area contributed by atoms with Crippen molar-refractivity contribution in [3.63, 3.8) is 0 Å². The highest BCUT2D eigenvalue weighted by atomic mass is 35.7. The van der Waals surface area contributed by atoms with E-state index in [0.29, 0.717) is 5.16 Å². The van der Waals surface area contributed by atoms with Crippen LogP contribution in [0.25, 0.3) is 0 Å². The second kappa shape index (κ2) is 2.84. The first-order valence-corrected chi connectivity index (χ1v) is 3.70. The summed E-state index contributed by atoms with van der Waals surface area (Å²) in [5, 5.41) is 0.421. The molecule has 9 heavy (non-hydrogen) atoms. The number of nitrogen functional groups attached to an aromatic ring is 1. The Morgan fingerprint density at radius 1 is 1.56 bits per heavy atom. The zero-order valence-electron chi connectivity index (χ0n) is 4.28. The lowest BCUT2D eigenvalue weighted by Gasteiger charge is -1.90. The summed E-state index contributed by atoms with van der Waals surface area (Å²) in [4.78, 5) is 10.9. The van der Waals surface area contributed by atoms with Gasteiger partial charge in [-0.1, -0.05) is 0 Å². The summed E-state index contributed by atoms with van der Waals surface area (Å²) in [7, 11) is 6.22. The molecule has 0 amide bonds. The molecule has 0 unspecified atom stereocenters. The first kappa shape index (κ1) is 6.57. The van der Waals surface area contributed by atoms with Gasteiger partial charge >= 0.3 is 0 Å². The van der Waals surface area contributed by atoms with Crippen LogP contribution in [0.2, 0.25) is 0 Å². The van der Waals surface area contributed by atoms with Crippen LogP contribution in [0.3, 0.4) is 0 Å². The van der Waals surface area contributed by atoms with Gasteiger partial charge in [0.15, 0.2) is 0 Å². The Kier molecular flexibility index (Phi) is 2.07. The number of aromatic nitrogens is 3. The normalized spacial score (nSPS) is 9.44. The van der Waals surface area contributed by atoms with E-state index in [9.17, 15) is 0 Å². The van der Waals surface area contributed by atoms with E-state index in [4.69, 9.17) is 16.4 Å². The molecule has 0 saturated heterocycles. The van der Waals surface area contributed by atoms with Gasteiger partial charge in [0.1, 0.15) is 6.33 Å². The Bertz CT molecular complexity index is 205. The highest BCUT2D eigenvalue weighted by Crippen LogP contribution is 2.15. The largest absolute Gasteiger partial charge is 0.368 e. The first-order valence-electron chi connectivity index (χ1n) is 2.06. The first-order chi connectivity index (χ1) is 4.33. The summed E-state index contributed by atoms with van der Waals surface area (Å²) < 4.78 is 0. The summed E-state index contributed by atoms with van der Waals surface area (Å²) in [6, 6.07) is 0. The second-order valence-corrected chi connectivity index (χ2v) is 2.19. The molecule has 0 radical (unpaired) electrons. The van der Waals surface area contributed by atoms with Gasteiger partial charge in [0, 0.05) is 11.0 Å². The highest BCUT2D eigenvalue weighted by Gasteiger charge is 1.93. The maximum atomic E-state index is 5.31. The standard InChI is InChI=1S/C3H3ClN4S/c4-9-3-7-1-6-2(5)8-3/h1H,(H2,5,6,7,8). The molecule has 0 atom stereocenters. The molecule has 6 heteroatoms. The third-order valence-corrected chi connectivity index (χ3v) is 1.39. The van der Waals surface area contributed by atoms with Crippen molar-refractivity contribution in [2.24, 2.45) is 0 Å². The van der Waals surface area contributed by atoms with E-state index < -0.39 is 0 Å². The molecule has 0 spiro atoms. The van der Waals surface area contributed by atoms with Crippen molar-refractivity contribution in [3.8, 4) is 0 Å². The second-order valence-electron chi connectivity index (χ2n) is 1.20. The fourth-order valence-corrected chi connectivity index (χ4v) is 0.768. The SMILES string of the molecule is Nc1ncnc(SCl)n1. The minimum Gasteiger partial charge on any atom is -0.368 e. The van der Waals surface area contributed by atoms with Gasteiger partial charge in [0.25, 0.3) is 0 Å². The lowest BCUT2D eigenvalue weighted by atomic mass is 11.0. The van der Waals surface area contributed by atoms with Crippen molar-refractivity contribution in [3.05, 3.63) is 6.33 Å². The van der Waals surface area contributed by atoms with Gasteiger partial charge in [0.2, 0.25) is 11.1 Å². The van der Waals surface area contributed by atoms with E-state index in [1.54, 1.807) is 0 Å². The number of halogens is 1. The van der Waals surface area contributed by atoms with Gasteiger partial charge in [-0.2, -0.15) is 4.98 Å². The average Bonchev–Trinajstić information content (AvgIpc) is 1.88. The number of nitrogens with two attached hydrogens (primary N) is 1. The van der Waals surface area contributed by atoms with Crippen molar-refractivity contribution in [1.82, 2.24) is 15.0 Å². The fourth-order valence-electron chi connectivity index (χ4n) is 0.330.